The molecule has 13 heteroatoms. The summed E-state index contributed by atoms with van der Waals surface area (Å²) in [6.07, 6.45) is -9.27. The summed E-state index contributed by atoms with van der Waals surface area (Å²) in [6.45, 7) is -0.640. The number of ether oxygens (including phenoxy) is 1. The SMILES string of the molecule is Cc1cc(F)c(-n2ccc(OCC(F)(F)C(F)(F)F)n2)cc1SCC(F)(F)F. The topological polar surface area (TPSA) is 27.1 Å². The lowest BCUT2D eigenvalue weighted by atomic mass is 10.2. The third-order valence-electron chi connectivity index (χ3n) is 3.26. The van der Waals surface area contributed by atoms with E-state index in [2.05, 4.69) is 9.84 Å². The van der Waals surface area contributed by atoms with Gasteiger partial charge in [-0.15, -0.1) is 16.9 Å². The Kier molecular flexibility index (Phi) is 6.16. The van der Waals surface area contributed by atoms with E-state index < -0.39 is 42.3 Å². The summed E-state index contributed by atoms with van der Waals surface area (Å²) in [5.74, 6) is -7.87. The highest BCUT2D eigenvalue weighted by molar-refractivity contribution is 7.99. The molecule has 0 saturated heterocycles. The number of halogens is 9. The van der Waals surface area contributed by atoms with Gasteiger partial charge >= 0.3 is 18.3 Å². The molecule has 0 atom stereocenters. The molecule has 0 unspecified atom stereocenters. The van der Waals surface area contributed by atoms with Gasteiger partial charge in [0.05, 0.1) is 5.75 Å². The summed E-state index contributed by atoms with van der Waals surface area (Å²) in [5.41, 5.74) is -0.100. The minimum atomic E-state index is -5.82. The quantitative estimate of drug-likeness (QED) is 0.437. The summed E-state index contributed by atoms with van der Waals surface area (Å²) in [5, 5.41) is 3.53. The van der Waals surface area contributed by atoms with Crippen LogP contribution < -0.4 is 4.74 Å². The second-order valence-electron chi connectivity index (χ2n) is 5.56. The first-order chi connectivity index (χ1) is 12.7. The first-order valence-electron chi connectivity index (χ1n) is 7.33. The Bertz CT molecular complexity index is 830. The molecule has 1 aromatic heterocycles. The maximum absolute atomic E-state index is 14.1. The Hall–Kier alpha value is -2.05. The fourth-order valence-electron chi connectivity index (χ4n) is 1.90. The van der Waals surface area contributed by atoms with E-state index in [1.807, 2.05) is 0 Å². The van der Waals surface area contributed by atoms with Crippen molar-refractivity contribution in [3.63, 3.8) is 0 Å². The van der Waals surface area contributed by atoms with Crippen LogP contribution in [-0.2, 0) is 0 Å². The molecule has 0 N–H and O–H groups in total. The molecular weight excluding hydrogens is 427 g/mol. The Balaban J connectivity index is 2.20. The lowest BCUT2D eigenvalue weighted by Crippen LogP contribution is -2.41. The fourth-order valence-corrected chi connectivity index (χ4v) is 2.70. The molecule has 3 nitrogen and oxygen atoms in total. The van der Waals surface area contributed by atoms with Crippen molar-refractivity contribution < 1.29 is 44.3 Å². The van der Waals surface area contributed by atoms with Gasteiger partial charge in [0.1, 0.15) is 11.5 Å². The van der Waals surface area contributed by atoms with Gasteiger partial charge in [0.25, 0.3) is 0 Å². The van der Waals surface area contributed by atoms with E-state index in [1.54, 1.807) is 0 Å². The molecule has 1 aromatic carbocycles. The maximum Gasteiger partial charge on any atom is 0.456 e. The molecule has 2 aromatic rings. The number of nitrogens with zero attached hydrogens (tertiary/aromatic N) is 2. The van der Waals surface area contributed by atoms with Crippen molar-refractivity contribution in [3.8, 4) is 11.6 Å². The van der Waals surface area contributed by atoms with Gasteiger partial charge in [-0.2, -0.15) is 35.1 Å². The number of aryl methyl sites for hydroxylation is 1. The van der Waals surface area contributed by atoms with Crippen molar-refractivity contribution in [3.05, 3.63) is 35.8 Å². The summed E-state index contributed by atoms with van der Waals surface area (Å²) in [4.78, 5) is 0.0929. The standard InChI is InChI=1S/C15H11F9N2OS/c1-8-4-9(16)10(5-11(8)28-7-14(19,20)21)26-3-2-12(25-26)27-6-13(17,18)15(22,23)24/h2-5H,6-7H2,1H3. The van der Waals surface area contributed by atoms with Crippen LogP contribution in [0.3, 0.4) is 0 Å². The largest absolute Gasteiger partial charge is 0.470 e. The van der Waals surface area contributed by atoms with Crippen LogP contribution in [0.15, 0.2) is 29.3 Å². The van der Waals surface area contributed by atoms with Crippen LogP contribution in [0.1, 0.15) is 5.56 Å². The average Bonchev–Trinajstić information content (AvgIpc) is 2.99. The normalized spacial score (nSPS) is 13.1. The zero-order valence-corrected chi connectivity index (χ0v) is 14.7. The molecule has 0 radical (unpaired) electrons. The van der Waals surface area contributed by atoms with Gasteiger partial charge in [-0.05, 0) is 24.6 Å². The molecule has 0 amide bonds. The molecule has 156 valence electrons. The van der Waals surface area contributed by atoms with E-state index in [-0.39, 0.29) is 16.1 Å². The summed E-state index contributed by atoms with van der Waals surface area (Å²) < 4.78 is 118. The molecule has 1 heterocycles. The molecule has 0 fully saturated rings. The first kappa shape index (κ1) is 22.2. The summed E-state index contributed by atoms with van der Waals surface area (Å²) in [7, 11) is 0. The number of aromatic nitrogens is 2. The minimum absolute atomic E-state index is 0.0929. The molecule has 0 aliphatic carbocycles. The van der Waals surface area contributed by atoms with Crippen molar-refractivity contribution in [1.82, 2.24) is 9.78 Å². The molecule has 0 aliphatic rings. The zero-order valence-electron chi connectivity index (χ0n) is 13.8. The third kappa shape index (κ3) is 5.49. The van der Waals surface area contributed by atoms with Crippen LogP contribution in [0.5, 0.6) is 5.88 Å². The van der Waals surface area contributed by atoms with Gasteiger partial charge in [-0.25, -0.2) is 9.07 Å². The highest BCUT2D eigenvalue weighted by Crippen LogP contribution is 2.36. The van der Waals surface area contributed by atoms with Crippen molar-refractivity contribution in [2.75, 3.05) is 12.4 Å². The zero-order chi connectivity index (χ0) is 21.3. The number of alkyl halides is 8. The fraction of sp³-hybridized carbons (Fsp3) is 0.400. The smallest absolute Gasteiger partial charge is 0.456 e. The van der Waals surface area contributed by atoms with Crippen LogP contribution >= 0.6 is 11.8 Å². The van der Waals surface area contributed by atoms with Gasteiger partial charge in [-0.1, -0.05) is 0 Å². The van der Waals surface area contributed by atoms with E-state index in [9.17, 15) is 39.5 Å². The van der Waals surface area contributed by atoms with Gasteiger partial charge in [0.2, 0.25) is 5.88 Å². The number of hydrogen-bond donors (Lipinski definition) is 0. The van der Waals surface area contributed by atoms with Gasteiger partial charge in [0, 0.05) is 17.2 Å². The van der Waals surface area contributed by atoms with Crippen molar-refractivity contribution in [2.24, 2.45) is 0 Å². The lowest BCUT2D eigenvalue weighted by Gasteiger charge is -2.18. The minimum Gasteiger partial charge on any atom is -0.470 e. The van der Waals surface area contributed by atoms with Crippen molar-refractivity contribution in [1.29, 1.82) is 0 Å². The van der Waals surface area contributed by atoms with Crippen LogP contribution in [0.25, 0.3) is 5.69 Å². The second-order valence-corrected chi connectivity index (χ2v) is 6.58. The lowest BCUT2D eigenvalue weighted by molar-refractivity contribution is -0.290. The van der Waals surface area contributed by atoms with Crippen molar-refractivity contribution >= 4 is 11.8 Å². The van der Waals surface area contributed by atoms with Gasteiger partial charge in [-0.3, -0.25) is 0 Å². The monoisotopic (exact) mass is 438 g/mol. The Morgan fingerprint density at radius 1 is 1.07 bits per heavy atom. The number of benzene rings is 1. The molecule has 0 bridgehead atoms. The molecule has 0 spiro atoms. The van der Waals surface area contributed by atoms with E-state index in [4.69, 9.17) is 0 Å². The molecule has 0 aliphatic heterocycles. The van der Waals surface area contributed by atoms with Crippen LogP contribution in [0.4, 0.5) is 39.5 Å². The molecule has 0 saturated carbocycles. The summed E-state index contributed by atoms with van der Waals surface area (Å²) in [6, 6.07) is 2.92. The third-order valence-corrected chi connectivity index (χ3v) is 4.49. The highest BCUT2D eigenvalue weighted by atomic mass is 32.2. The predicted molar refractivity (Wildman–Crippen MR) is 81.5 cm³/mol. The van der Waals surface area contributed by atoms with Crippen LogP contribution in [-0.4, -0.2) is 40.4 Å². The average molecular weight is 438 g/mol. The number of thioether (sulfide) groups is 1. The maximum atomic E-state index is 14.1. The number of hydrogen-bond acceptors (Lipinski definition) is 3. The van der Waals surface area contributed by atoms with E-state index in [1.165, 1.54) is 6.92 Å². The molecule has 28 heavy (non-hydrogen) atoms. The predicted octanol–water partition coefficient (Wildman–Crippen LogP) is 5.55. The van der Waals surface area contributed by atoms with E-state index in [0.717, 1.165) is 29.1 Å². The Labute approximate surface area is 156 Å². The Morgan fingerprint density at radius 2 is 1.71 bits per heavy atom. The van der Waals surface area contributed by atoms with E-state index in [0.29, 0.717) is 11.8 Å². The number of rotatable bonds is 6. The molecule has 2 rings (SSSR count). The van der Waals surface area contributed by atoms with Crippen LogP contribution in [0.2, 0.25) is 0 Å². The summed E-state index contributed by atoms with van der Waals surface area (Å²) >= 11 is 0.406. The molecular formula is C15H11F9N2OS. The Morgan fingerprint density at radius 3 is 2.29 bits per heavy atom. The van der Waals surface area contributed by atoms with Crippen LogP contribution in [0, 0.1) is 12.7 Å². The second kappa shape index (κ2) is 7.76. The van der Waals surface area contributed by atoms with Gasteiger partial charge < -0.3 is 4.74 Å². The van der Waals surface area contributed by atoms with Gasteiger partial charge in [0.15, 0.2) is 6.61 Å². The highest BCUT2D eigenvalue weighted by Gasteiger charge is 2.58. The first-order valence-corrected chi connectivity index (χ1v) is 8.31. The van der Waals surface area contributed by atoms with E-state index >= 15 is 0 Å². The van der Waals surface area contributed by atoms with Crippen molar-refractivity contribution in [2.45, 2.75) is 30.1 Å².